The Kier molecular flexibility index (Phi) is 14.4. The molecule has 0 aliphatic carbocycles. The standard InChI is InChI=1S/C29H35ClN2O7/c1-4-6-10-16-38-26-17-22(30)13-14-23(26)27(33)31-24(19-36-3)28(34)32-25(20-37-15-5-2)29(35)39-18-21-11-8-7-9-12-21/h4-5,7-9,11-14,17,24-25H,1-2,6,10,15-16,18-20H2,3H3,(H,31,33)(H,32,34)/t24-,25-/m0/s1. The molecule has 2 aromatic carbocycles. The zero-order chi connectivity index (χ0) is 28.5. The Morgan fingerprint density at radius 1 is 1.00 bits per heavy atom. The Bertz CT molecular complexity index is 1090. The van der Waals surface area contributed by atoms with Gasteiger partial charge in [0, 0.05) is 12.1 Å². The number of nitrogens with one attached hydrogen (secondary N) is 2. The maximum Gasteiger partial charge on any atom is 0.331 e. The molecule has 2 atom stereocenters. The zero-order valence-electron chi connectivity index (χ0n) is 22.0. The molecule has 0 aliphatic rings. The summed E-state index contributed by atoms with van der Waals surface area (Å²) in [5.74, 6) is -1.64. The lowest BCUT2D eigenvalue weighted by Crippen LogP contribution is -2.54. The van der Waals surface area contributed by atoms with Crippen LogP contribution in [0.4, 0.5) is 0 Å². The highest BCUT2D eigenvalue weighted by molar-refractivity contribution is 6.30. The molecular weight excluding hydrogens is 524 g/mol. The van der Waals surface area contributed by atoms with Gasteiger partial charge in [0.1, 0.15) is 18.4 Å². The van der Waals surface area contributed by atoms with E-state index >= 15 is 0 Å². The first-order valence-corrected chi connectivity index (χ1v) is 12.8. The summed E-state index contributed by atoms with van der Waals surface area (Å²) in [5.41, 5.74) is 0.984. The molecule has 10 heteroatoms. The van der Waals surface area contributed by atoms with Crippen LogP contribution in [0.25, 0.3) is 0 Å². The number of esters is 1. The molecule has 0 aliphatic heterocycles. The summed E-state index contributed by atoms with van der Waals surface area (Å²) >= 11 is 6.10. The highest BCUT2D eigenvalue weighted by atomic mass is 35.5. The van der Waals surface area contributed by atoms with Crippen molar-refractivity contribution < 1.29 is 33.3 Å². The summed E-state index contributed by atoms with van der Waals surface area (Å²) in [4.78, 5) is 39.1. The van der Waals surface area contributed by atoms with Crippen molar-refractivity contribution in [3.63, 3.8) is 0 Å². The molecular formula is C29H35ClN2O7. The minimum absolute atomic E-state index is 0.0257. The fourth-order valence-electron chi connectivity index (χ4n) is 3.34. The molecule has 210 valence electrons. The van der Waals surface area contributed by atoms with E-state index in [2.05, 4.69) is 23.8 Å². The van der Waals surface area contributed by atoms with Crippen molar-refractivity contribution >= 4 is 29.4 Å². The predicted molar refractivity (Wildman–Crippen MR) is 149 cm³/mol. The number of allylic oxidation sites excluding steroid dienone is 1. The van der Waals surface area contributed by atoms with E-state index in [1.54, 1.807) is 12.1 Å². The van der Waals surface area contributed by atoms with Gasteiger partial charge in [-0.15, -0.1) is 13.2 Å². The van der Waals surface area contributed by atoms with Gasteiger partial charge in [-0.2, -0.15) is 0 Å². The third-order valence-corrected chi connectivity index (χ3v) is 5.53. The first-order chi connectivity index (χ1) is 18.9. The summed E-state index contributed by atoms with van der Waals surface area (Å²) in [6, 6.07) is 11.5. The Labute approximate surface area is 234 Å². The van der Waals surface area contributed by atoms with Crippen molar-refractivity contribution in [2.45, 2.75) is 31.5 Å². The van der Waals surface area contributed by atoms with Crippen molar-refractivity contribution in [3.8, 4) is 5.75 Å². The van der Waals surface area contributed by atoms with E-state index in [0.717, 1.165) is 12.0 Å². The van der Waals surface area contributed by atoms with E-state index in [9.17, 15) is 14.4 Å². The lowest BCUT2D eigenvalue weighted by atomic mass is 10.1. The van der Waals surface area contributed by atoms with Crippen LogP contribution in [0, 0.1) is 0 Å². The van der Waals surface area contributed by atoms with Crippen molar-refractivity contribution in [1.29, 1.82) is 0 Å². The predicted octanol–water partition coefficient (Wildman–Crippen LogP) is 3.86. The molecule has 2 amide bonds. The molecule has 0 unspecified atom stereocenters. The van der Waals surface area contributed by atoms with Crippen molar-refractivity contribution in [2.75, 3.05) is 33.5 Å². The summed E-state index contributed by atoms with van der Waals surface area (Å²) in [5, 5.41) is 5.63. The summed E-state index contributed by atoms with van der Waals surface area (Å²) in [7, 11) is 1.39. The SMILES string of the molecule is C=CCCCOc1cc(Cl)ccc1C(=O)N[C@@H](COC)C(=O)N[C@@H](COCC=C)C(=O)OCc1ccccc1. The van der Waals surface area contributed by atoms with Gasteiger partial charge in [-0.25, -0.2) is 4.79 Å². The number of methoxy groups -OCH3 is 1. The monoisotopic (exact) mass is 558 g/mol. The Morgan fingerprint density at radius 2 is 1.77 bits per heavy atom. The van der Waals surface area contributed by atoms with Crippen LogP contribution >= 0.6 is 11.6 Å². The van der Waals surface area contributed by atoms with Crippen molar-refractivity contribution in [1.82, 2.24) is 10.6 Å². The van der Waals surface area contributed by atoms with Gasteiger partial charge in [-0.05, 0) is 36.6 Å². The van der Waals surface area contributed by atoms with Crippen LogP contribution in [0.5, 0.6) is 5.75 Å². The highest BCUT2D eigenvalue weighted by Crippen LogP contribution is 2.24. The molecule has 2 aromatic rings. The number of ether oxygens (including phenoxy) is 4. The van der Waals surface area contributed by atoms with Crippen molar-refractivity contribution in [2.24, 2.45) is 0 Å². The first kappa shape index (κ1) is 31.6. The third kappa shape index (κ3) is 11.3. The Balaban J connectivity index is 2.11. The molecule has 0 radical (unpaired) electrons. The second-order valence-electron chi connectivity index (χ2n) is 8.38. The molecule has 0 heterocycles. The molecule has 0 saturated carbocycles. The maximum absolute atomic E-state index is 13.2. The van der Waals surface area contributed by atoms with Crippen LogP contribution in [0.3, 0.4) is 0 Å². The maximum atomic E-state index is 13.2. The van der Waals surface area contributed by atoms with Crippen LogP contribution < -0.4 is 15.4 Å². The molecule has 2 N–H and O–H groups in total. The van der Waals surface area contributed by atoms with Gasteiger partial charge in [0.2, 0.25) is 5.91 Å². The zero-order valence-corrected chi connectivity index (χ0v) is 22.8. The highest BCUT2D eigenvalue weighted by Gasteiger charge is 2.29. The fourth-order valence-corrected chi connectivity index (χ4v) is 3.50. The van der Waals surface area contributed by atoms with Crippen LogP contribution in [-0.4, -0.2) is 63.4 Å². The number of unbranched alkanes of at least 4 members (excludes halogenated alkanes) is 1. The summed E-state index contributed by atoms with van der Waals surface area (Å²) in [6.07, 6.45) is 4.76. The quantitative estimate of drug-likeness (QED) is 0.162. The number of rotatable bonds is 18. The number of halogens is 1. The van der Waals surface area contributed by atoms with Gasteiger partial charge >= 0.3 is 5.97 Å². The lowest BCUT2D eigenvalue weighted by molar-refractivity contribution is -0.151. The molecule has 0 saturated heterocycles. The van der Waals surface area contributed by atoms with Crippen LogP contribution in [0.15, 0.2) is 73.8 Å². The third-order valence-electron chi connectivity index (χ3n) is 5.30. The number of hydrogen-bond acceptors (Lipinski definition) is 7. The Hall–Kier alpha value is -3.66. The second-order valence-corrected chi connectivity index (χ2v) is 8.82. The van der Waals surface area contributed by atoms with Crippen LogP contribution in [0.2, 0.25) is 5.02 Å². The molecule has 0 fully saturated rings. The average Bonchev–Trinajstić information content (AvgIpc) is 2.93. The normalized spacial score (nSPS) is 12.1. The minimum Gasteiger partial charge on any atom is -0.493 e. The lowest BCUT2D eigenvalue weighted by Gasteiger charge is -2.22. The molecule has 0 bridgehead atoms. The summed E-state index contributed by atoms with van der Waals surface area (Å²) < 4.78 is 21.7. The van der Waals surface area contributed by atoms with Gasteiger partial charge in [0.25, 0.3) is 5.91 Å². The summed E-state index contributed by atoms with van der Waals surface area (Å²) in [6.45, 7) is 7.50. The second kappa shape index (κ2) is 17.8. The largest absolute Gasteiger partial charge is 0.493 e. The number of amides is 2. The smallest absolute Gasteiger partial charge is 0.331 e. The first-order valence-electron chi connectivity index (χ1n) is 12.4. The number of hydrogen-bond donors (Lipinski definition) is 2. The van der Waals surface area contributed by atoms with Gasteiger partial charge in [-0.1, -0.05) is 54.1 Å². The van der Waals surface area contributed by atoms with E-state index in [1.807, 2.05) is 30.3 Å². The van der Waals surface area contributed by atoms with Gasteiger partial charge < -0.3 is 29.6 Å². The molecule has 2 rings (SSSR count). The van der Waals surface area contributed by atoms with E-state index < -0.39 is 29.9 Å². The molecule has 0 spiro atoms. The van der Waals surface area contributed by atoms with E-state index in [-0.39, 0.29) is 37.7 Å². The van der Waals surface area contributed by atoms with Crippen LogP contribution in [-0.2, 0) is 30.4 Å². The number of carbonyl (C=O) groups excluding carboxylic acids is 3. The fraction of sp³-hybridized carbons (Fsp3) is 0.345. The number of carbonyl (C=O) groups is 3. The van der Waals surface area contributed by atoms with E-state index in [0.29, 0.717) is 18.1 Å². The molecule has 39 heavy (non-hydrogen) atoms. The van der Waals surface area contributed by atoms with Gasteiger partial charge in [-0.3, -0.25) is 9.59 Å². The van der Waals surface area contributed by atoms with Crippen molar-refractivity contribution in [3.05, 3.63) is 90.0 Å². The van der Waals surface area contributed by atoms with E-state index in [1.165, 1.54) is 25.3 Å². The number of benzene rings is 2. The van der Waals surface area contributed by atoms with E-state index in [4.69, 9.17) is 30.5 Å². The molecule has 9 nitrogen and oxygen atoms in total. The topological polar surface area (TPSA) is 112 Å². The van der Waals surface area contributed by atoms with Gasteiger partial charge in [0.05, 0.1) is 32.0 Å². The van der Waals surface area contributed by atoms with Gasteiger partial charge in [0.15, 0.2) is 6.04 Å². The van der Waals surface area contributed by atoms with Crippen LogP contribution in [0.1, 0.15) is 28.8 Å². The molecule has 0 aromatic heterocycles. The average molecular weight is 559 g/mol. The minimum atomic E-state index is -1.13. The Morgan fingerprint density at radius 3 is 2.46 bits per heavy atom.